The highest BCUT2D eigenvalue weighted by molar-refractivity contribution is 6.31. The van der Waals surface area contributed by atoms with E-state index in [1.165, 1.54) is 4.90 Å². The monoisotopic (exact) mass is 514 g/mol. The second-order valence-electron chi connectivity index (χ2n) is 9.14. The molecule has 4 atom stereocenters. The van der Waals surface area contributed by atoms with Crippen LogP contribution in [0, 0.1) is 0 Å². The lowest BCUT2D eigenvalue weighted by Gasteiger charge is -2.35. The Morgan fingerprint density at radius 2 is 1.32 bits per heavy atom. The number of nitrogens with two attached hydrogens (primary N) is 1. The summed E-state index contributed by atoms with van der Waals surface area (Å²) in [5.41, 5.74) is 10.2. The van der Waals surface area contributed by atoms with Gasteiger partial charge < -0.3 is 20.8 Å². The third-order valence-corrected chi connectivity index (χ3v) is 6.98. The first kappa shape index (κ1) is 26.6. The first-order chi connectivity index (χ1) is 17.9. The van der Waals surface area contributed by atoms with Gasteiger partial charge >= 0.3 is 0 Å². The molecule has 4 aromatic rings. The lowest BCUT2D eigenvalue weighted by molar-refractivity contribution is -0.138. The van der Waals surface area contributed by atoms with Gasteiger partial charge in [-0.3, -0.25) is 4.79 Å². The van der Waals surface area contributed by atoms with Crippen LogP contribution in [0.25, 0.3) is 0 Å². The van der Waals surface area contributed by atoms with E-state index in [0.29, 0.717) is 22.6 Å². The molecule has 190 valence electrons. The first-order valence-electron chi connectivity index (χ1n) is 12.2. The number of amides is 1. The number of hydrogen-bond acceptors (Lipinski definition) is 4. The molecular formula is C31H31ClN2O3. The van der Waals surface area contributed by atoms with E-state index in [1.54, 1.807) is 19.2 Å². The van der Waals surface area contributed by atoms with Gasteiger partial charge in [0.15, 0.2) is 0 Å². The Kier molecular flexibility index (Phi) is 8.74. The lowest BCUT2D eigenvalue weighted by atomic mass is 9.93. The van der Waals surface area contributed by atoms with Crippen LogP contribution in [0.15, 0.2) is 109 Å². The molecule has 4 aromatic carbocycles. The average molecular weight is 515 g/mol. The molecule has 6 heteroatoms. The number of aliphatic hydroxyl groups is 2. The third kappa shape index (κ3) is 6.27. The molecule has 0 fully saturated rings. The van der Waals surface area contributed by atoms with Gasteiger partial charge in [0.25, 0.3) is 0 Å². The Hall–Kier alpha value is -3.48. The van der Waals surface area contributed by atoms with Gasteiger partial charge in [0.2, 0.25) is 5.91 Å². The zero-order chi connectivity index (χ0) is 26.4. The van der Waals surface area contributed by atoms with Gasteiger partial charge in [0.05, 0.1) is 6.04 Å². The molecule has 5 nitrogen and oxygen atoms in total. The van der Waals surface area contributed by atoms with Crippen molar-refractivity contribution in [2.45, 2.75) is 30.7 Å². The minimum atomic E-state index is -1.27. The molecule has 0 aromatic heterocycles. The molecule has 4 N–H and O–H groups in total. The third-order valence-electron chi connectivity index (χ3n) is 6.63. The molecule has 0 saturated carbocycles. The van der Waals surface area contributed by atoms with Crippen LogP contribution < -0.4 is 5.73 Å². The smallest absolute Gasteiger partial charge is 0.242 e. The minimum Gasteiger partial charge on any atom is -0.386 e. The maximum Gasteiger partial charge on any atom is 0.242 e. The summed E-state index contributed by atoms with van der Waals surface area (Å²) in [6.07, 6.45) is -1.61. The van der Waals surface area contributed by atoms with Crippen LogP contribution in [0.3, 0.4) is 0 Å². The number of nitrogens with zero attached hydrogens (tertiary/aromatic N) is 1. The molecule has 0 unspecified atom stereocenters. The van der Waals surface area contributed by atoms with E-state index in [1.807, 2.05) is 97.1 Å². The van der Waals surface area contributed by atoms with Gasteiger partial charge in [0, 0.05) is 12.1 Å². The quantitative estimate of drug-likeness (QED) is 0.285. The summed E-state index contributed by atoms with van der Waals surface area (Å²) in [6.45, 7) is 0. The number of halogens is 1. The van der Waals surface area contributed by atoms with E-state index in [-0.39, 0.29) is 0 Å². The van der Waals surface area contributed by atoms with Crippen LogP contribution in [0.2, 0.25) is 5.02 Å². The van der Waals surface area contributed by atoms with Crippen molar-refractivity contribution in [2.75, 3.05) is 7.05 Å². The van der Waals surface area contributed by atoms with Crippen molar-refractivity contribution in [3.05, 3.63) is 142 Å². The Bertz CT molecular complexity index is 1300. The van der Waals surface area contributed by atoms with Crippen molar-refractivity contribution in [1.82, 2.24) is 4.90 Å². The molecule has 0 radical (unpaired) electrons. The molecule has 0 aliphatic rings. The second-order valence-corrected chi connectivity index (χ2v) is 9.55. The van der Waals surface area contributed by atoms with Gasteiger partial charge in [-0.25, -0.2) is 0 Å². The van der Waals surface area contributed by atoms with Crippen molar-refractivity contribution >= 4 is 17.5 Å². The molecule has 0 aliphatic heterocycles. The first-order valence-corrected chi connectivity index (χ1v) is 12.5. The maximum absolute atomic E-state index is 13.5. The maximum atomic E-state index is 13.5. The fourth-order valence-electron chi connectivity index (χ4n) is 4.52. The fourth-order valence-corrected chi connectivity index (χ4v) is 4.78. The molecule has 0 bridgehead atoms. The number of hydrogen-bond donors (Lipinski definition) is 3. The van der Waals surface area contributed by atoms with Crippen molar-refractivity contribution < 1.29 is 15.0 Å². The van der Waals surface area contributed by atoms with Gasteiger partial charge in [-0.15, -0.1) is 0 Å². The van der Waals surface area contributed by atoms with Crippen LogP contribution in [0.5, 0.6) is 0 Å². The molecule has 4 rings (SSSR count). The second kappa shape index (κ2) is 12.2. The van der Waals surface area contributed by atoms with E-state index in [2.05, 4.69) is 0 Å². The van der Waals surface area contributed by atoms with Gasteiger partial charge in [-0.1, -0.05) is 115 Å². The molecular weight excluding hydrogens is 484 g/mol. The Labute approximate surface area is 222 Å². The van der Waals surface area contributed by atoms with Crippen molar-refractivity contribution in [2.24, 2.45) is 5.73 Å². The Morgan fingerprint density at radius 3 is 1.89 bits per heavy atom. The highest BCUT2D eigenvalue weighted by Gasteiger charge is 2.35. The van der Waals surface area contributed by atoms with Crippen LogP contribution in [0.1, 0.15) is 46.1 Å². The highest BCUT2D eigenvalue weighted by atomic mass is 35.5. The van der Waals surface area contributed by atoms with Crippen LogP contribution in [0.4, 0.5) is 0 Å². The minimum absolute atomic E-state index is 0.455. The summed E-state index contributed by atoms with van der Waals surface area (Å²) in [7, 11) is 1.59. The standard InChI is InChI=1S/C31H31ClN2O3/c1-34(28(22-13-7-3-8-14-22)30(36)23-15-9-4-10-16-23)31(37)27(33)29(35)25-18-17-24(26(32)20-25)19-21-11-5-2-6-12-21/h2-18,20,27-30,35-36H,19,33H2,1H3/t27-,28+,29+,30+/m0/s1. The van der Waals surface area contributed by atoms with Gasteiger partial charge in [-0.2, -0.15) is 0 Å². The average Bonchev–Trinajstić information content (AvgIpc) is 2.94. The molecule has 37 heavy (non-hydrogen) atoms. The summed E-state index contributed by atoms with van der Waals surface area (Å²) in [6, 6.07) is 31.7. The number of likely N-dealkylation sites (N-methyl/N-ethyl adjacent to an activating group) is 1. The zero-order valence-corrected chi connectivity index (χ0v) is 21.4. The summed E-state index contributed by atoms with van der Waals surface area (Å²) >= 11 is 6.53. The number of aliphatic hydroxyl groups excluding tert-OH is 2. The fraction of sp³-hybridized carbons (Fsp3) is 0.194. The van der Waals surface area contributed by atoms with Crippen LogP contribution in [-0.4, -0.2) is 34.1 Å². The molecule has 0 aliphatic carbocycles. The predicted molar refractivity (Wildman–Crippen MR) is 147 cm³/mol. The molecule has 0 heterocycles. The van der Waals surface area contributed by atoms with Crippen molar-refractivity contribution in [1.29, 1.82) is 0 Å². The van der Waals surface area contributed by atoms with Crippen molar-refractivity contribution in [3.8, 4) is 0 Å². The topological polar surface area (TPSA) is 86.8 Å². The lowest BCUT2D eigenvalue weighted by Crippen LogP contribution is -2.47. The number of rotatable bonds is 9. The highest BCUT2D eigenvalue weighted by Crippen LogP contribution is 2.34. The van der Waals surface area contributed by atoms with Crippen molar-refractivity contribution in [3.63, 3.8) is 0 Å². The zero-order valence-electron chi connectivity index (χ0n) is 20.6. The molecule has 0 saturated heterocycles. The van der Waals surface area contributed by atoms with Gasteiger partial charge in [0.1, 0.15) is 18.2 Å². The largest absolute Gasteiger partial charge is 0.386 e. The molecule has 0 spiro atoms. The summed E-state index contributed by atoms with van der Waals surface area (Å²) < 4.78 is 0. The normalized spacial score (nSPS) is 14.4. The van der Waals surface area contributed by atoms with E-state index < -0.39 is 30.2 Å². The number of carbonyl (C=O) groups excluding carboxylic acids is 1. The van der Waals surface area contributed by atoms with Crippen LogP contribution in [-0.2, 0) is 11.2 Å². The van der Waals surface area contributed by atoms with Crippen LogP contribution >= 0.6 is 11.6 Å². The number of carbonyl (C=O) groups is 1. The SMILES string of the molecule is CN(C(=O)[C@@H](N)[C@H](O)c1ccc(Cc2ccccc2)c(Cl)c1)[C@H](c1ccccc1)[C@H](O)c1ccccc1. The summed E-state index contributed by atoms with van der Waals surface area (Å²) in [5, 5.41) is 22.8. The summed E-state index contributed by atoms with van der Waals surface area (Å²) in [4.78, 5) is 14.9. The number of benzene rings is 4. The molecule has 1 amide bonds. The van der Waals surface area contributed by atoms with E-state index in [4.69, 9.17) is 17.3 Å². The van der Waals surface area contributed by atoms with E-state index in [0.717, 1.165) is 16.7 Å². The van der Waals surface area contributed by atoms with Gasteiger partial charge in [-0.05, 0) is 40.3 Å². The van der Waals surface area contributed by atoms with E-state index >= 15 is 0 Å². The summed E-state index contributed by atoms with van der Waals surface area (Å²) in [5.74, 6) is -0.499. The van der Waals surface area contributed by atoms with E-state index in [9.17, 15) is 15.0 Å². The Morgan fingerprint density at radius 1 is 0.784 bits per heavy atom. The predicted octanol–water partition coefficient (Wildman–Crippen LogP) is 5.22. The Balaban J connectivity index is 1.55.